The van der Waals surface area contributed by atoms with Crippen LogP contribution in [0, 0.1) is 5.92 Å². The van der Waals surface area contributed by atoms with E-state index in [0.717, 1.165) is 19.5 Å². The lowest BCUT2D eigenvalue weighted by atomic mass is 9.84. The Bertz CT molecular complexity index is 315. The molecule has 2 bridgehead atoms. The first-order chi connectivity index (χ1) is 8.76. The summed E-state index contributed by atoms with van der Waals surface area (Å²) in [5.74, 6) is 0.854. The number of carbonyl (C=O) groups excluding carboxylic acids is 1. The van der Waals surface area contributed by atoms with Gasteiger partial charge in [0.15, 0.2) is 0 Å². The van der Waals surface area contributed by atoms with Gasteiger partial charge in [-0.1, -0.05) is 0 Å². The van der Waals surface area contributed by atoms with E-state index in [1.165, 1.54) is 25.9 Å². The SMILES string of the molecule is COC1CNC(C(=O)NC2CN3CCC2CC3)C1. The van der Waals surface area contributed by atoms with Crippen LogP contribution < -0.4 is 10.6 Å². The van der Waals surface area contributed by atoms with Crippen molar-refractivity contribution in [3.63, 3.8) is 0 Å². The largest absolute Gasteiger partial charge is 0.380 e. The number of fused-ring (bicyclic) bond motifs is 3. The maximum absolute atomic E-state index is 12.2. The smallest absolute Gasteiger partial charge is 0.237 e. The summed E-state index contributed by atoms with van der Waals surface area (Å²) in [7, 11) is 1.71. The standard InChI is InChI=1S/C13H23N3O2/c1-18-10-6-11(14-7-10)13(17)15-12-8-16-4-2-9(12)3-5-16/h9-12,14H,2-8H2,1H3,(H,15,17). The number of nitrogens with zero attached hydrogens (tertiary/aromatic N) is 1. The quantitative estimate of drug-likeness (QED) is 0.717. The number of ether oxygens (including phenoxy) is 1. The van der Waals surface area contributed by atoms with Gasteiger partial charge in [-0.25, -0.2) is 0 Å². The molecule has 3 atom stereocenters. The van der Waals surface area contributed by atoms with Crippen molar-refractivity contribution in [3.05, 3.63) is 0 Å². The second-order valence-corrected chi connectivity index (χ2v) is 5.81. The van der Waals surface area contributed by atoms with Crippen LogP contribution in [0.3, 0.4) is 0 Å². The number of rotatable bonds is 3. The Morgan fingerprint density at radius 1 is 1.39 bits per heavy atom. The Kier molecular flexibility index (Phi) is 3.54. The van der Waals surface area contributed by atoms with Crippen molar-refractivity contribution in [2.45, 2.75) is 37.5 Å². The topological polar surface area (TPSA) is 53.6 Å². The summed E-state index contributed by atoms with van der Waals surface area (Å²) in [4.78, 5) is 14.7. The van der Waals surface area contributed by atoms with Gasteiger partial charge in [-0.15, -0.1) is 0 Å². The molecule has 5 nitrogen and oxygen atoms in total. The van der Waals surface area contributed by atoms with Gasteiger partial charge in [-0.2, -0.15) is 0 Å². The third kappa shape index (κ3) is 2.39. The summed E-state index contributed by atoms with van der Waals surface area (Å²) in [6.07, 6.45) is 3.46. The van der Waals surface area contributed by atoms with Crippen LogP contribution in [-0.4, -0.2) is 62.3 Å². The van der Waals surface area contributed by atoms with E-state index in [-0.39, 0.29) is 18.1 Å². The number of methoxy groups -OCH3 is 1. The molecule has 3 unspecified atom stereocenters. The van der Waals surface area contributed by atoms with E-state index in [0.29, 0.717) is 12.0 Å². The molecule has 0 aromatic heterocycles. The van der Waals surface area contributed by atoms with Crippen LogP contribution >= 0.6 is 0 Å². The third-order valence-electron chi connectivity index (χ3n) is 4.72. The zero-order valence-electron chi connectivity index (χ0n) is 11.0. The lowest BCUT2D eigenvalue weighted by Crippen LogP contribution is -2.59. The molecule has 4 aliphatic heterocycles. The molecule has 1 amide bonds. The number of carbonyl (C=O) groups is 1. The van der Waals surface area contributed by atoms with Gasteiger partial charge in [0.1, 0.15) is 0 Å². The van der Waals surface area contributed by atoms with Crippen LogP contribution in [0.2, 0.25) is 0 Å². The van der Waals surface area contributed by atoms with Crippen LogP contribution in [0.25, 0.3) is 0 Å². The van der Waals surface area contributed by atoms with E-state index in [9.17, 15) is 4.79 Å². The fraction of sp³-hybridized carbons (Fsp3) is 0.923. The second kappa shape index (κ2) is 5.15. The molecule has 0 radical (unpaired) electrons. The first-order valence-electron chi connectivity index (χ1n) is 7.05. The third-order valence-corrected chi connectivity index (χ3v) is 4.72. The Hall–Kier alpha value is -0.650. The highest BCUT2D eigenvalue weighted by molar-refractivity contribution is 5.82. The maximum atomic E-state index is 12.2. The normalized spacial score (nSPS) is 43.1. The summed E-state index contributed by atoms with van der Waals surface area (Å²) in [6, 6.07) is 0.300. The molecule has 2 N–H and O–H groups in total. The lowest BCUT2D eigenvalue weighted by Gasteiger charge is -2.45. The Morgan fingerprint density at radius 3 is 2.72 bits per heavy atom. The van der Waals surface area contributed by atoms with Gasteiger partial charge in [0.25, 0.3) is 0 Å². The predicted octanol–water partition coefficient (Wildman–Crippen LogP) is -0.426. The first-order valence-corrected chi connectivity index (χ1v) is 7.05. The Balaban J connectivity index is 1.52. The highest BCUT2D eigenvalue weighted by Crippen LogP contribution is 2.27. The monoisotopic (exact) mass is 253 g/mol. The summed E-state index contributed by atoms with van der Waals surface area (Å²) in [5, 5.41) is 6.48. The number of piperidine rings is 3. The number of hydrogen-bond acceptors (Lipinski definition) is 4. The van der Waals surface area contributed by atoms with Crippen molar-refractivity contribution in [3.8, 4) is 0 Å². The van der Waals surface area contributed by atoms with E-state index in [1.807, 2.05) is 0 Å². The molecule has 4 rings (SSSR count). The van der Waals surface area contributed by atoms with E-state index in [2.05, 4.69) is 15.5 Å². The molecule has 0 saturated carbocycles. The van der Waals surface area contributed by atoms with Crippen molar-refractivity contribution in [1.29, 1.82) is 0 Å². The van der Waals surface area contributed by atoms with Gasteiger partial charge in [0.05, 0.1) is 12.1 Å². The predicted molar refractivity (Wildman–Crippen MR) is 68.3 cm³/mol. The molecule has 0 aromatic carbocycles. The summed E-state index contributed by atoms with van der Waals surface area (Å²) < 4.78 is 5.28. The fourth-order valence-corrected chi connectivity index (χ4v) is 3.49. The van der Waals surface area contributed by atoms with Gasteiger partial charge in [0, 0.05) is 26.2 Å². The highest BCUT2D eigenvalue weighted by atomic mass is 16.5. The molecular formula is C13H23N3O2. The molecule has 0 spiro atoms. The Labute approximate surface area is 108 Å². The second-order valence-electron chi connectivity index (χ2n) is 5.81. The van der Waals surface area contributed by atoms with Crippen molar-refractivity contribution >= 4 is 5.91 Å². The molecule has 5 heteroatoms. The minimum atomic E-state index is -0.0644. The minimum Gasteiger partial charge on any atom is -0.380 e. The highest BCUT2D eigenvalue weighted by Gasteiger charge is 2.37. The maximum Gasteiger partial charge on any atom is 0.237 e. The summed E-state index contributed by atoms with van der Waals surface area (Å²) >= 11 is 0. The molecule has 4 heterocycles. The van der Waals surface area contributed by atoms with Gasteiger partial charge in [-0.05, 0) is 38.3 Å². The van der Waals surface area contributed by atoms with E-state index >= 15 is 0 Å². The van der Waals surface area contributed by atoms with Crippen LogP contribution in [0.15, 0.2) is 0 Å². The van der Waals surface area contributed by atoms with E-state index in [1.54, 1.807) is 7.11 Å². The number of nitrogens with one attached hydrogen (secondary N) is 2. The average Bonchev–Trinajstić information content (AvgIpc) is 2.89. The molecule has 4 saturated heterocycles. The van der Waals surface area contributed by atoms with Crippen LogP contribution in [0.1, 0.15) is 19.3 Å². The molecule has 4 fully saturated rings. The van der Waals surface area contributed by atoms with E-state index in [4.69, 9.17) is 4.74 Å². The Morgan fingerprint density at radius 2 is 2.17 bits per heavy atom. The fourth-order valence-electron chi connectivity index (χ4n) is 3.49. The van der Waals surface area contributed by atoms with Gasteiger partial charge >= 0.3 is 0 Å². The summed E-state index contributed by atoms with van der Waals surface area (Å²) in [5.41, 5.74) is 0. The zero-order valence-corrected chi connectivity index (χ0v) is 11.0. The van der Waals surface area contributed by atoms with Gasteiger partial charge in [-0.3, -0.25) is 4.79 Å². The minimum absolute atomic E-state index is 0.0644. The molecule has 0 aromatic rings. The van der Waals surface area contributed by atoms with Crippen LogP contribution in [0.5, 0.6) is 0 Å². The number of amides is 1. The van der Waals surface area contributed by atoms with Crippen molar-refractivity contribution in [1.82, 2.24) is 15.5 Å². The molecule has 0 aliphatic carbocycles. The van der Waals surface area contributed by atoms with E-state index < -0.39 is 0 Å². The van der Waals surface area contributed by atoms with Crippen molar-refractivity contribution in [2.24, 2.45) is 5.92 Å². The molecule has 102 valence electrons. The lowest BCUT2D eigenvalue weighted by molar-refractivity contribution is -0.125. The average molecular weight is 253 g/mol. The van der Waals surface area contributed by atoms with Crippen LogP contribution in [0.4, 0.5) is 0 Å². The summed E-state index contributed by atoms with van der Waals surface area (Å²) in [6.45, 7) is 4.25. The zero-order chi connectivity index (χ0) is 12.5. The molecular weight excluding hydrogens is 230 g/mol. The first kappa shape index (κ1) is 12.4. The van der Waals surface area contributed by atoms with Crippen molar-refractivity contribution < 1.29 is 9.53 Å². The van der Waals surface area contributed by atoms with Gasteiger partial charge < -0.3 is 20.3 Å². The van der Waals surface area contributed by atoms with Crippen LogP contribution in [-0.2, 0) is 9.53 Å². The molecule has 4 aliphatic rings. The van der Waals surface area contributed by atoms with Gasteiger partial charge in [0.2, 0.25) is 5.91 Å². The van der Waals surface area contributed by atoms with Crippen molar-refractivity contribution in [2.75, 3.05) is 33.3 Å². The molecule has 18 heavy (non-hydrogen) atoms. The number of hydrogen-bond donors (Lipinski definition) is 2.